The van der Waals surface area contributed by atoms with E-state index in [1.165, 1.54) is 16.8 Å². The third-order valence-corrected chi connectivity index (χ3v) is 4.10. The van der Waals surface area contributed by atoms with Crippen LogP contribution in [0.2, 0.25) is 0 Å². The molecule has 21 heavy (non-hydrogen) atoms. The average molecular weight is 282 g/mol. The maximum Gasteiger partial charge on any atom is 0.141 e. The van der Waals surface area contributed by atoms with Gasteiger partial charge in [0.25, 0.3) is 0 Å². The Hall–Kier alpha value is -2.16. The highest BCUT2D eigenvalue weighted by Crippen LogP contribution is 2.38. The number of anilines is 2. The van der Waals surface area contributed by atoms with Gasteiger partial charge in [0.05, 0.1) is 18.8 Å². The minimum absolute atomic E-state index is 0.299. The summed E-state index contributed by atoms with van der Waals surface area (Å²) >= 11 is 0. The monoisotopic (exact) mass is 282 g/mol. The number of fused-ring (bicyclic) bond motifs is 1. The number of rotatable bonds is 3. The Bertz CT molecular complexity index is 639. The largest absolute Gasteiger partial charge is 0.495 e. The van der Waals surface area contributed by atoms with E-state index in [1.807, 2.05) is 18.2 Å². The van der Waals surface area contributed by atoms with Crippen LogP contribution < -0.4 is 15.4 Å². The van der Waals surface area contributed by atoms with Gasteiger partial charge in [-0.05, 0) is 43.5 Å². The van der Waals surface area contributed by atoms with Gasteiger partial charge in [0.1, 0.15) is 5.75 Å². The number of para-hydroxylation sites is 3. The van der Waals surface area contributed by atoms with E-state index >= 15 is 0 Å². The predicted octanol–water partition coefficient (Wildman–Crippen LogP) is 4.36. The van der Waals surface area contributed by atoms with Crippen LogP contribution in [0.25, 0.3) is 0 Å². The van der Waals surface area contributed by atoms with Crippen molar-refractivity contribution in [3.8, 4) is 5.75 Å². The zero-order chi connectivity index (χ0) is 14.8. The van der Waals surface area contributed by atoms with Crippen molar-refractivity contribution in [2.45, 2.75) is 32.4 Å². The molecule has 0 aromatic heterocycles. The normalized spacial score (nSPS) is 20.3. The lowest BCUT2D eigenvalue weighted by Gasteiger charge is -2.33. The lowest BCUT2D eigenvalue weighted by Crippen LogP contribution is -2.29. The van der Waals surface area contributed by atoms with Gasteiger partial charge in [-0.1, -0.05) is 30.3 Å². The molecule has 1 heterocycles. The molecule has 2 atom stereocenters. The van der Waals surface area contributed by atoms with E-state index in [-0.39, 0.29) is 0 Å². The quantitative estimate of drug-likeness (QED) is 0.877. The maximum absolute atomic E-state index is 5.45. The van der Waals surface area contributed by atoms with E-state index in [4.69, 9.17) is 4.74 Å². The molecule has 3 heteroatoms. The van der Waals surface area contributed by atoms with Crippen LogP contribution in [-0.2, 0) is 0 Å². The Labute approximate surface area is 126 Å². The van der Waals surface area contributed by atoms with Crippen molar-refractivity contribution in [3.63, 3.8) is 0 Å². The van der Waals surface area contributed by atoms with Gasteiger partial charge in [0.2, 0.25) is 0 Å². The Morgan fingerprint density at radius 3 is 2.76 bits per heavy atom. The van der Waals surface area contributed by atoms with Crippen molar-refractivity contribution in [2.75, 3.05) is 17.7 Å². The van der Waals surface area contributed by atoms with Crippen LogP contribution in [0.3, 0.4) is 0 Å². The molecule has 0 bridgehead atoms. The molecule has 0 radical (unpaired) electrons. The molecule has 2 aromatic rings. The molecule has 0 saturated carbocycles. The van der Waals surface area contributed by atoms with Crippen LogP contribution in [0.1, 0.15) is 30.5 Å². The third kappa shape index (κ3) is 2.68. The van der Waals surface area contributed by atoms with Crippen molar-refractivity contribution in [3.05, 3.63) is 53.6 Å². The number of ether oxygens (including phenoxy) is 1. The van der Waals surface area contributed by atoms with E-state index in [0.29, 0.717) is 12.1 Å². The lowest BCUT2D eigenvalue weighted by molar-refractivity contribution is 0.415. The predicted molar refractivity (Wildman–Crippen MR) is 88.2 cm³/mol. The van der Waals surface area contributed by atoms with Gasteiger partial charge in [-0.2, -0.15) is 0 Å². The molecule has 0 fully saturated rings. The Balaban J connectivity index is 1.95. The maximum atomic E-state index is 5.45. The molecule has 0 saturated heterocycles. The first-order valence-electron chi connectivity index (χ1n) is 7.44. The molecule has 1 aliphatic heterocycles. The molecular formula is C18H22N2O. The summed E-state index contributed by atoms with van der Waals surface area (Å²) in [5, 5.41) is 7.25. The highest BCUT2D eigenvalue weighted by atomic mass is 16.5. The van der Waals surface area contributed by atoms with Crippen molar-refractivity contribution < 1.29 is 4.74 Å². The van der Waals surface area contributed by atoms with Crippen LogP contribution >= 0.6 is 0 Å². The van der Waals surface area contributed by atoms with Crippen molar-refractivity contribution in [2.24, 2.45) is 0 Å². The zero-order valence-electron chi connectivity index (χ0n) is 12.8. The van der Waals surface area contributed by atoms with Gasteiger partial charge in [-0.15, -0.1) is 0 Å². The van der Waals surface area contributed by atoms with Crippen LogP contribution in [0, 0.1) is 6.92 Å². The van der Waals surface area contributed by atoms with Crippen molar-refractivity contribution in [1.29, 1.82) is 0 Å². The molecular weight excluding hydrogens is 260 g/mol. The summed E-state index contributed by atoms with van der Waals surface area (Å²) in [6.07, 6.45) is 1.05. The van der Waals surface area contributed by atoms with Crippen molar-refractivity contribution >= 4 is 11.4 Å². The molecule has 3 rings (SSSR count). The summed E-state index contributed by atoms with van der Waals surface area (Å²) in [7, 11) is 1.71. The van der Waals surface area contributed by atoms with Gasteiger partial charge >= 0.3 is 0 Å². The van der Waals surface area contributed by atoms with Crippen LogP contribution in [-0.4, -0.2) is 13.2 Å². The summed E-state index contributed by atoms with van der Waals surface area (Å²) in [5.74, 6) is 0.887. The number of nitrogens with one attached hydrogen (secondary N) is 2. The molecule has 0 spiro atoms. The molecule has 110 valence electrons. The Morgan fingerprint density at radius 2 is 1.95 bits per heavy atom. The van der Waals surface area contributed by atoms with Gasteiger partial charge in [0, 0.05) is 11.7 Å². The molecule has 0 unspecified atom stereocenters. The molecule has 2 aromatic carbocycles. The summed E-state index contributed by atoms with van der Waals surface area (Å²) in [5.41, 5.74) is 4.94. The number of aryl methyl sites for hydroxylation is 1. The second-order valence-corrected chi connectivity index (χ2v) is 5.72. The van der Waals surface area contributed by atoms with Gasteiger partial charge in [0.15, 0.2) is 0 Å². The first kappa shape index (κ1) is 13.8. The SMILES string of the molecule is COc1ccccc1N[C@H]1C[C@@H](C)Nc2c(C)cccc21. The van der Waals surface area contributed by atoms with Gasteiger partial charge in [-0.25, -0.2) is 0 Å². The Kier molecular flexibility index (Phi) is 3.74. The van der Waals surface area contributed by atoms with Gasteiger partial charge in [-0.3, -0.25) is 0 Å². The summed E-state index contributed by atoms with van der Waals surface area (Å²) in [4.78, 5) is 0. The number of methoxy groups -OCH3 is 1. The molecule has 3 nitrogen and oxygen atoms in total. The smallest absolute Gasteiger partial charge is 0.141 e. The minimum atomic E-state index is 0.299. The van der Waals surface area contributed by atoms with E-state index in [0.717, 1.165) is 17.9 Å². The number of hydrogen-bond donors (Lipinski definition) is 2. The van der Waals surface area contributed by atoms with Gasteiger partial charge < -0.3 is 15.4 Å². The minimum Gasteiger partial charge on any atom is -0.495 e. The standard InChI is InChI=1S/C18H22N2O/c1-12-7-6-8-14-16(11-13(2)19-18(12)14)20-15-9-4-5-10-17(15)21-3/h4-10,13,16,19-20H,11H2,1-3H3/t13-,16+/m1/s1. The number of hydrogen-bond acceptors (Lipinski definition) is 3. The molecule has 2 N–H and O–H groups in total. The first-order chi connectivity index (χ1) is 10.2. The van der Waals surface area contributed by atoms with E-state index in [2.05, 4.69) is 48.7 Å². The fourth-order valence-electron chi connectivity index (χ4n) is 3.05. The van der Waals surface area contributed by atoms with Crippen LogP contribution in [0.15, 0.2) is 42.5 Å². The summed E-state index contributed by atoms with van der Waals surface area (Å²) in [6, 6.07) is 15.3. The van der Waals surface area contributed by atoms with Crippen molar-refractivity contribution in [1.82, 2.24) is 0 Å². The average Bonchev–Trinajstić information content (AvgIpc) is 2.49. The second kappa shape index (κ2) is 5.68. The van der Waals surface area contributed by atoms with E-state index in [1.54, 1.807) is 7.11 Å². The highest BCUT2D eigenvalue weighted by molar-refractivity contribution is 5.64. The summed E-state index contributed by atoms with van der Waals surface area (Å²) in [6.45, 7) is 4.39. The van der Waals surface area contributed by atoms with Crippen LogP contribution in [0.5, 0.6) is 5.75 Å². The van der Waals surface area contributed by atoms with Crippen LogP contribution in [0.4, 0.5) is 11.4 Å². The molecule has 0 aliphatic carbocycles. The second-order valence-electron chi connectivity index (χ2n) is 5.72. The highest BCUT2D eigenvalue weighted by Gasteiger charge is 2.25. The molecule has 0 amide bonds. The number of benzene rings is 2. The fraction of sp³-hybridized carbons (Fsp3) is 0.333. The van der Waals surface area contributed by atoms with E-state index in [9.17, 15) is 0 Å². The third-order valence-electron chi connectivity index (χ3n) is 4.10. The Morgan fingerprint density at radius 1 is 1.14 bits per heavy atom. The van der Waals surface area contributed by atoms with E-state index < -0.39 is 0 Å². The molecule has 1 aliphatic rings. The summed E-state index contributed by atoms with van der Waals surface area (Å²) < 4.78 is 5.45. The topological polar surface area (TPSA) is 33.3 Å². The zero-order valence-corrected chi connectivity index (χ0v) is 12.8. The fourth-order valence-corrected chi connectivity index (χ4v) is 3.05. The lowest BCUT2D eigenvalue weighted by atomic mass is 9.91. The first-order valence-corrected chi connectivity index (χ1v) is 7.44.